The third kappa shape index (κ3) is 1.96. The first kappa shape index (κ1) is 14.9. The Morgan fingerprint density at radius 2 is 1.92 bits per heavy atom. The van der Waals surface area contributed by atoms with Crippen LogP contribution in [0.3, 0.4) is 0 Å². The van der Waals surface area contributed by atoms with Crippen molar-refractivity contribution in [2.24, 2.45) is 0 Å². The van der Waals surface area contributed by atoms with E-state index in [0.717, 1.165) is 16.8 Å². The maximum Gasteiger partial charge on any atom is 0.291 e. The molecule has 3 aromatic heterocycles. The second-order valence-electron chi connectivity index (χ2n) is 5.86. The molecule has 0 bridgehead atoms. The van der Waals surface area contributed by atoms with Crippen molar-refractivity contribution >= 4 is 33.5 Å². The molecule has 0 unspecified atom stereocenters. The third-order valence-electron chi connectivity index (χ3n) is 4.36. The van der Waals surface area contributed by atoms with Gasteiger partial charge in [0, 0.05) is 30.6 Å². The number of hydrogen-bond acceptors (Lipinski definition) is 6. The van der Waals surface area contributed by atoms with Crippen LogP contribution in [-0.2, 0) is 4.79 Å². The van der Waals surface area contributed by atoms with Crippen molar-refractivity contribution in [3.05, 3.63) is 69.2 Å². The summed E-state index contributed by atoms with van der Waals surface area (Å²) in [6.07, 6.45) is 3.31. The molecule has 0 fully saturated rings. The zero-order chi connectivity index (χ0) is 17.8. The van der Waals surface area contributed by atoms with Gasteiger partial charge in [-0.05, 0) is 18.2 Å². The summed E-state index contributed by atoms with van der Waals surface area (Å²) in [5.74, 6) is 0.244. The molecule has 7 nitrogen and oxygen atoms in total. The molecular formula is C18H11N5O2S. The normalized spacial score (nSPS) is 15.7. The monoisotopic (exact) mass is 361 g/mol. The van der Waals surface area contributed by atoms with Crippen LogP contribution in [0.2, 0.25) is 0 Å². The Kier molecular flexibility index (Phi) is 3.04. The zero-order valence-corrected chi connectivity index (χ0v) is 14.4. The topological polar surface area (TPSA) is 80.5 Å². The highest BCUT2D eigenvalue weighted by Crippen LogP contribution is 2.33. The smallest absolute Gasteiger partial charge is 0.291 e. The van der Waals surface area contributed by atoms with E-state index in [2.05, 4.69) is 15.1 Å². The number of likely N-dealkylation sites (N-methyl/N-ethyl adjacent to an activating group) is 1. The average molecular weight is 361 g/mol. The van der Waals surface area contributed by atoms with E-state index in [4.69, 9.17) is 0 Å². The summed E-state index contributed by atoms with van der Waals surface area (Å²) in [5, 5.41) is 4.30. The molecule has 4 aromatic rings. The van der Waals surface area contributed by atoms with E-state index >= 15 is 0 Å². The second kappa shape index (κ2) is 5.30. The van der Waals surface area contributed by atoms with Crippen LogP contribution in [0, 0.1) is 0 Å². The molecule has 1 aliphatic heterocycles. The Morgan fingerprint density at radius 1 is 1.08 bits per heavy atom. The van der Waals surface area contributed by atoms with E-state index in [9.17, 15) is 9.59 Å². The predicted molar refractivity (Wildman–Crippen MR) is 97.9 cm³/mol. The number of anilines is 1. The molecule has 0 aliphatic carbocycles. The Balaban J connectivity index is 1.78. The highest BCUT2D eigenvalue weighted by Gasteiger charge is 2.31. The Labute approximate surface area is 150 Å². The summed E-state index contributed by atoms with van der Waals surface area (Å²) >= 11 is 1.18. The second-order valence-corrected chi connectivity index (χ2v) is 6.84. The standard InChI is InChI=1S/C18H11N5O2S/c1-22-12-7-3-2-6-11(12)13(16(22)24)14-17(25)23-18(26-14)20-15(21-23)10-5-4-8-19-9-10/h2-9H,1H3/b14-13-. The van der Waals surface area contributed by atoms with Gasteiger partial charge in [0.2, 0.25) is 4.96 Å². The maximum absolute atomic E-state index is 12.9. The molecule has 1 amide bonds. The summed E-state index contributed by atoms with van der Waals surface area (Å²) in [5.41, 5.74) is 2.37. The van der Waals surface area contributed by atoms with Crippen LogP contribution >= 0.6 is 11.3 Å². The number of benzene rings is 1. The fraction of sp³-hybridized carbons (Fsp3) is 0.0556. The number of nitrogens with zero attached hydrogens (tertiary/aromatic N) is 5. The molecule has 0 radical (unpaired) electrons. The number of aromatic nitrogens is 4. The molecule has 0 spiro atoms. The van der Waals surface area contributed by atoms with Crippen LogP contribution < -0.4 is 15.0 Å². The van der Waals surface area contributed by atoms with E-state index in [1.165, 1.54) is 15.9 Å². The maximum atomic E-state index is 12.9. The molecule has 26 heavy (non-hydrogen) atoms. The van der Waals surface area contributed by atoms with Gasteiger partial charge in [-0.3, -0.25) is 14.6 Å². The molecule has 0 N–H and O–H groups in total. The summed E-state index contributed by atoms with van der Waals surface area (Å²) in [6, 6.07) is 11.1. The lowest BCUT2D eigenvalue weighted by atomic mass is 10.1. The van der Waals surface area contributed by atoms with Gasteiger partial charge >= 0.3 is 0 Å². The first-order valence-corrected chi connectivity index (χ1v) is 8.68. The third-order valence-corrected chi connectivity index (χ3v) is 5.39. The molecule has 0 saturated carbocycles. The lowest BCUT2D eigenvalue weighted by Gasteiger charge is -2.07. The molecule has 5 rings (SSSR count). The number of thiazole rings is 1. The zero-order valence-electron chi connectivity index (χ0n) is 13.6. The minimum atomic E-state index is -0.332. The molecule has 1 aromatic carbocycles. The molecule has 8 heteroatoms. The van der Waals surface area contributed by atoms with Gasteiger partial charge in [0.05, 0.1) is 11.3 Å². The van der Waals surface area contributed by atoms with Crippen LogP contribution in [0.25, 0.3) is 21.9 Å². The average Bonchev–Trinajstić information content (AvgIpc) is 3.29. The number of pyridine rings is 1. The van der Waals surface area contributed by atoms with E-state index in [0.29, 0.717) is 20.9 Å². The fourth-order valence-corrected chi connectivity index (χ4v) is 4.09. The summed E-state index contributed by atoms with van der Waals surface area (Å²) in [6.45, 7) is 0. The van der Waals surface area contributed by atoms with Crippen LogP contribution in [0.15, 0.2) is 53.6 Å². The first-order valence-electron chi connectivity index (χ1n) is 7.87. The number of para-hydroxylation sites is 1. The van der Waals surface area contributed by atoms with Crippen molar-refractivity contribution in [3.8, 4) is 11.4 Å². The Morgan fingerprint density at radius 3 is 2.69 bits per heavy atom. The van der Waals surface area contributed by atoms with Crippen LogP contribution in [0.5, 0.6) is 0 Å². The molecular weight excluding hydrogens is 350 g/mol. The van der Waals surface area contributed by atoms with E-state index in [1.807, 2.05) is 30.3 Å². The van der Waals surface area contributed by atoms with E-state index in [-0.39, 0.29) is 11.5 Å². The van der Waals surface area contributed by atoms with Crippen molar-refractivity contribution in [1.82, 2.24) is 19.6 Å². The van der Waals surface area contributed by atoms with Crippen LogP contribution in [-0.4, -0.2) is 32.5 Å². The fourth-order valence-electron chi connectivity index (χ4n) is 3.09. The van der Waals surface area contributed by atoms with Crippen molar-refractivity contribution in [2.75, 3.05) is 11.9 Å². The van der Waals surface area contributed by atoms with Crippen molar-refractivity contribution in [1.29, 1.82) is 0 Å². The predicted octanol–water partition coefficient (Wildman–Crippen LogP) is 1.11. The number of rotatable bonds is 1. The molecule has 0 saturated heterocycles. The van der Waals surface area contributed by atoms with Gasteiger partial charge in [-0.2, -0.15) is 9.50 Å². The van der Waals surface area contributed by atoms with Gasteiger partial charge in [0.15, 0.2) is 5.82 Å². The molecule has 4 heterocycles. The largest absolute Gasteiger partial charge is 0.311 e. The lowest BCUT2D eigenvalue weighted by molar-refractivity contribution is -0.112. The highest BCUT2D eigenvalue weighted by atomic mass is 32.1. The molecule has 0 atom stereocenters. The Bertz CT molecular complexity index is 1290. The number of fused-ring (bicyclic) bond motifs is 2. The minimum absolute atomic E-state index is 0.194. The lowest BCUT2D eigenvalue weighted by Crippen LogP contribution is -2.30. The van der Waals surface area contributed by atoms with Crippen molar-refractivity contribution < 1.29 is 4.79 Å². The van der Waals surface area contributed by atoms with Crippen LogP contribution in [0.1, 0.15) is 5.56 Å². The van der Waals surface area contributed by atoms with Gasteiger partial charge in [-0.25, -0.2) is 0 Å². The number of carbonyl (C=O) groups excluding carboxylic acids is 1. The minimum Gasteiger partial charge on any atom is -0.311 e. The number of amides is 1. The Hall–Kier alpha value is -3.39. The van der Waals surface area contributed by atoms with Gasteiger partial charge in [0.25, 0.3) is 11.5 Å². The highest BCUT2D eigenvalue weighted by molar-refractivity contribution is 7.15. The summed E-state index contributed by atoms with van der Waals surface area (Å²) in [7, 11) is 1.70. The first-order chi connectivity index (χ1) is 12.6. The quantitative estimate of drug-likeness (QED) is 0.507. The SMILES string of the molecule is CN1C(=O)/C(=c2\sc3nc(-c4cccnc4)nn3c2=O)c2ccccc21. The van der Waals surface area contributed by atoms with Crippen molar-refractivity contribution in [2.45, 2.75) is 0 Å². The molecule has 1 aliphatic rings. The van der Waals surface area contributed by atoms with E-state index in [1.54, 1.807) is 30.4 Å². The van der Waals surface area contributed by atoms with Gasteiger partial charge in [-0.15, -0.1) is 5.10 Å². The molecule has 126 valence electrons. The number of hydrogen-bond donors (Lipinski definition) is 0. The van der Waals surface area contributed by atoms with Gasteiger partial charge in [-0.1, -0.05) is 29.5 Å². The summed E-state index contributed by atoms with van der Waals surface area (Å²) in [4.78, 5) is 36.1. The van der Waals surface area contributed by atoms with Crippen LogP contribution in [0.4, 0.5) is 5.69 Å². The number of carbonyl (C=O) groups is 1. The van der Waals surface area contributed by atoms with Gasteiger partial charge < -0.3 is 4.90 Å². The summed E-state index contributed by atoms with van der Waals surface area (Å²) < 4.78 is 1.61. The van der Waals surface area contributed by atoms with Gasteiger partial charge in [0.1, 0.15) is 4.53 Å². The van der Waals surface area contributed by atoms with Crippen molar-refractivity contribution in [3.63, 3.8) is 0 Å². The van der Waals surface area contributed by atoms with E-state index < -0.39 is 0 Å².